The van der Waals surface area contributed by atoms with Gasteiger partial charge in [0.15, 0.2) is 5.13 Å². The summed E-state index contributed by atoms with van der Waals surface area (Å²) in [6.45, 7) is 8.30. The number of hydrogen-bond donors (Lipinski definition) is 0. The van der Waals surface area contributed by atoms with E-state index in [1.54, 1.807) is 29.2 Å². The lowest BCUT2D eigenvalue weighted by atomic mass is 10.2. The molecule has 0 N–H and O–H groups in total. The van der Waals surface area contributed by atoms with Crippen molar-refractivity contribution in [1.29, 1.82) is 0 Å². The molecule has 0 aliphatic rings. The summed E-state index contributed by atoms with van der Waals surface area (Å²) < 4.78 is 28.8. The molecule has 198 valence electrons. The zero-order chi connectivity index (χ0) is 25.6. The summed E-state index contributed by atoms with van der Waals surface area (Å²) in [5, 5.41) is 0.656. The molecule has 2 aromatic carbocycles. The van der Waals surface area contributed by atoms with Crippen LogP contribution in [0.25, 0.3) is 10.2 Å². The van der Waals surface area contributed by atoms with Gasteiger partial charge in [0.2, 0.25) is 10.0 Å². The average Bonchev–Trinajstić information content (AvgIpc) is 3.24. The summed E-state index contributed by atoms with van der Waals surface area (Å²) in [5.41, 5.74) is 2.46. The van der Waals surface area contributed by atoms with Crippen LogP contribution in [-0.4, -0.2) is 68.8 Å². The number of sulfonamides is 1. The van der Waals surface area contributed by atoms with Crippen LogP contribution in [0.5, 0.6) is 0 Å². The number of benzene rings is 2. The number of hydrogen-bond acceptors (Lipinski definition) is 6. The number of aryl methyl sites for hydroxylation is 1. The molecule has 0 aliphatic heterocycles. The smallest absolute Gasteiger partial charge is 0.260 e. The lowest BCUT2D eigenvalue weighted by Gasteiger charge is -2.22. The van der Waals surface area contributed by atoms with Crippen molar-refractivity contribution in [1.82, 2.24) is 14.2 Å². The molecule has 3 aromatic rings. The first-order valence-electron chi connectivity index (χ1n) is 12.1. The van der Waals surface area contributed by atoms with Gasteiger partial charge in [-0.25, -0.2) is 13.4 Å². The van der Waals surface area contributed by atoms with Gasteiger partial charge in [-0.3, -0.25) is 9.69 Å². The molecule has 0 atom stereocenters. The third kappa shape index (κ3) is 7.26. The standard InChI is InChI=1S/C26H36N4O3S2.ClH/c1-6-15-29(16-7-2)35(32,33)22-12-10-21(11-13-22)25(31)30(18-8-17-28(4)5)26-27-23-14-9-20(3)19-24(23)34-26;/h9-14,19H,6-8,15-18H2,1-5H3;1H. The van der Waals surface area contributed by atoms with Crippen LogP contribution in [0.15, 0.2) is 47.4 Å². The normalized spacial score (nSPS) is 11.8. The van der Waals surface area contributed by atoms with Crippen molar-refractivity contribution in [2.45, 2.75) is 44.9 Å². The van der Waals surface area contributed by atoms with Crippen LogP contribution in [-0.2, 0) is 10.0 Å². The number of carbonyl (C=O) groups is 1. The number of aromatic nitrogens is 1. The summed E-state index contributed by atoms with van der Waals surface area (Å²) in [4.78, 5) is 22.3. The van der Waals surface area contributed by atoms with Crippen molar-refractivity contribution >= 4 is 55.0 Å². The monoisotopic (exact) mass is 552 g/mol. The Kier molecular flexibility index (Phi) is 11.3. The number of amides is 1. The molecule has 7 nitrogen and oxygen atoms in total. The van der Waals surface area contributed by atoms with Gasteiger partial charge in [-0.2, -0.15) is 4.31 Å². The molecule has 1 amide bonds. The average molecular weight is 553 g/mol. The second kappa shape index (κ2) is 13.5. The summed E-state index contributed by atoms with van der Waals surface area (Å²) in [7, 11) is 0.419. The van der Waals surface area contributed by atoms with Crippen LogP contribution >= 0.6 is 23.7 Å². The maximum Gasteiger partial charge on any atom is 0.260 e. The van der Waals surface area contributed by atoms with E-state index in [4.69, 9.17) is 4.98 Å². The van der Waals surface area contributed by atoms with E-state index < -0.39 is 10.0 Å². The molecule has 36 heavy (non-hydrogen) atoms. The summed E-state index contributed by atoms with van der Waals surface area (Å²) >= 11 is 1.50. The minimum Gasteiger partial charge on any atom is -0.309 e. The summed E-state index contributed by atoms with van der Waals surface area (Å²) in [6.07, 6.45) is 2.29. The molecule has 0 unspecified atom stereocenters. The summed E-state index contributed by atoms with van der Waals surface area (Å²) in [6, 6.07) is 12.4. The van der Waals surface area contributed by atoms with Crippen LogP contribution in [0.1, 0.15) is 49.0 Å². The molecule has 0 aliphatic carbocycles. The molecule has 0 saturated carbocycles. The number of rotatable bonds is 12. The van der Waals surface area contributed by atoms with Gasteiger partial charge in [-0.1, -0.05) is 31.3 Å². The van der Waals surface area contributed by atoms with E-state index in [2.05, 4.69) is 11.0 Å². The van der Waals surface area contributed by atoms with Crippen molar-refractivity contribution in [3.63, 3.8) is 0 Å². The molecular formula is C26H37ClN4O3S2. The van der Waals surface area contributed by atoms with E-state index in [0.717, 1.165) is 41.6 Å². The second-order valence-electron chi connectivity index (χ2n) is 9.01. The fraction of sp³-hybridized carbons (Fsp3) is 0.462. The first-order chi connectivity index (χ1) is 16.7. The highest BCUT2D eigenvalue weighted by molar-refractivity contribution is 7.89. The van der Waals surface area contributed by atoms with Gasteiger partial charge in [-0.15, -0.1) is 12.4 Å². The van der Waals surface area contributed by atoms with E-state index in [1.165, 1.54) is 15.6 Å². The Morgan fingerprint density at radius 1 is 0.944 bits per heavy atom. The highest BCUT2D eigenvalue weighted by atomic mass is 35.5. The number of nitrogens with zero attached hydrogens (tertiary/aromatic N) is 4. The third-order valence-corrected chi connectivity index (χ3v) is 8.63. The maximum atomic E-state index is 13.6. The van der Waals surface area contributed by atoms with E-state index in [0.29, 0.717) is 30.3 Å². The van der Waals surface area contributed by atoms with Crippen molar-refractivity contribution < 1.29 is 13.2 Å². The molecule has 0 saturated heterocycles. The van der Waals surface area contributed by atoms with Crippen molar-refractivity contribution in [3.8, 4) is 0 Å². The van der Waals surface area contributed by atoms with Gasteiger partial charge in [-0.05, 0) is 88.8 Å². The highest BCUT2D eigenvalue weighted by Crippen LogP contribution is 2.31. The predicted molar refractivity (Wildman–Crippen MR) is 152 cm³/mol. The Bertz CT molecular complexity index is 1240. The number of anilines is 1. The molecule has 10 heteroatoms. The number of fused-ring (bicyclic) bond motifs is 1. The highest BCUT2D eigenvalue weighted by Gasteiger charge is 2.25. The van der Waals surface area contributed by atoms with Gasteiger partial charge in [0, 0.05) is 25.2 Å². The molecule has 3 rings (SSSR count). The van der Waals surface area contributed by atoms with Gasteiger partial charge in [0.25, 0.3) is 5.91 Å². The number of halogens is 1. The van der Waals surface area contributed by atoms with Gasteiger partial charge < -0.3 is 4.90 Å². The minimum absolute atomic E-state index is 0. The Balaban J connectivity index is 0.00000456. The van der Waals surface area contributed by atoms with Gasteiger partial charge in [0.05, 0.1) is 15.1 Å². The van der Waals surface area contributed by atoms with Crippen LogP contribution in [0.4, 0.5) is 5.13 Å². The zero-order valence-corrected chi connectivity index (χ0v) is 24.2. The first kappa shape index (κ1) is 30.2. The lowest BCUT2D eigenvalue weighted by molar-refractivity contribution is 0.0986. The van der Waals surface area contributed by atoms with E-state index >= 15 is 0 Å². The van der Waals surface area contributed by atoms with Gasteiger partial charge in [0.1, 0.15) is 0 Å². The minimum atomic E-state index is -3.59. The topological polar surface area (TPSA) is 73.8 Å². The van der Waals surface area contributed by atoms with Crippen LogP contribution < -0.4 is 4.90 Å². The quantitative estimate of drug-likeness (QED) is 0.299. The van der Waals surface area contributed by atoms with E-state index in [9.17, 15) is 13.2 Å². The van der Waals surface area contributed by atoms with Crippen molar-refractivity contribution in [2.75, 3.05) is 45.2 Å². The molecular weight excluding hydrogens is 516 g/mol. The van der Waals surface area contributed by atoms with Crippen LogP contribution in [0.3, 0.4) is 0 Å². The SMILES string of the molecule is CCCN(CCC)S(=O)(=O)c1ccc(C(=O)N(CCCN(C)C)c2nc3ccc(C)cc3s2)cc1.Cl. The Labute approximate surface area is 225 Å². The largest absolute Gasteiger partial charge is 0.309 e. The van der Waals surface area contributed by atoms with Crippen molar-refractivity contribution in [3.05, 3.63) is 53.6 Å². The molecule has 1 heterocycles. The Morgan fingerprint density at radius 3 is 2.17 bits per heavy atom. The van der Waals surface area contributed by atoms with E-state index in [1.807, 2.05) is 47.0 Å². The third-order valence-electron chi connectivity index (χ3n) is 5.68. The van der Waals surface area contributed by atoms with Gasteiger partial charge >= 0.3 is 0 Å². The Morgan fingerprint density at radius 2 is 1.58 bits per heavy atom. The van der Waals surface area contributed by atoms with Crippen LogP contribution in [0.2, 0.25) is 0 Å². The summed E-state index contributed by atoms with van der Waals surface area (Å²) in [5.74, 6) is -0.178. The van der Waals surface area contributed by atoms with Crippen LogP contribution in [0, 0.1) is 6.92 Å². The van der Waals surface area contributed by atoms with Crippen molar-refractivity contribution in [2.24, 2.45) is 0 Å². The lowest BCUT2D eigenvalue weighted by Crippen LogP contribution is -2.34. The molecule has 0 fully saturated rings. The number of carbonyl (C=O) groups excluding carboxylic acids is 1. The predicted octanol–water partition coefficient (Wildman–Crippen LogP) is 5.44. The number of thiazole rings is 1. The first-order valence-corrected chi connectivity index (χ1v) is 14.4. The Hall–Kier alpha value is -2.04. The maximum absolute atomic E-state index is 13.6. The molecule has 0 spiro atoms. The second-order valence-corrected chi connectivity index (χ2v) is 12.0. The fourth-order valence-electron chi connectivity index (χ4n) is 3.89. The molecule has 0 radical (unpaired) electrons. The van der Waals surface area contributed by atoms with E-state index in [-0.39, 0.29) is 23.2 Å². The molecule has 1 aromatic heterocycles. The fourth-order valence-corrected chi connectivity index (χ4v) is 6.60. The zero-order valence-electron chi connectivity index (χ0n) is 21.7. The molecule has 0 bridgehead atoms.